The third-order valence-electron chi connectivity index (χ3n) is 11.7. The Balaban J connectivity index is 1.22. The van der Waals surface area contributed by atoms with Gasteiger partial charge in [-0.2, -0.15) is 5.26 Å². The van der Waals surface area contributed by atoms with Crippen LogP contribution < -0.4 is 10.6 Å². The van der Waals surface area contributed by atoms with Gasteiger partial charge in [0.05, 0.1) is 31.3 Å². The average molecular weight is 572 g/mol. The number of nitrogens with one attached hydrogen (secondary N) is 2. The van der Waals surface area contributed by atoms with Crippen LogP contribution in [0.2, 0.25) is 0 Å². The normalized spacial score (nSPS) is 44.0. The number of nitriles is 1. The number of likely N-dealkylation sites (N-methyl/N-ethyl adjacent to an activating group) is 1. The molecule has 2 saturated carbocycles. The van der Waals surface area contributed by atoms with Crippen molar-refractivity contribution in [3.05, 3.63) is 12.7 Å². The lowest BCUT2D eigenvalue weighted by Gasteiger charge is -2.56. The minimum Gasteiger partial charge on any atom is -0.348 e. The molecule has 0 bridgehead atoms. The zero-order valence-electron chi connectivity index (χ0n) is 25.0. The fraction of sp³-hybridized carbons (Fsp3) is 0.871. The third kappa shape index (κ3) is 5.71. The highest BCUT2D eigenvalue weighted by Gasteiger charge is 2.58. The number of rotatable bonds is 6. The van der Waals surface area contributed by atoms with Crippen LogP contribution in [0.3, 0.4) is 0 Å². The van der Waals surface area contributed by atoms with Gasteiger partial charge in [-0.25, -0.2) is 4.39 Å². The molecule has 1 spiro atoms. The summed E-state index contributed by atoms with van der Waals surface area (Å²) >= 11 is 0. The maximum atomic E-state index is 14.7. The lowest BCUT2D eigenvalue weighted by molar-refractivity contribution is -0.137. The van der Waals surface area contributed by atoms with E-state index in [9.17, 15) is 14.4 Å². The first-order chi connectivity index (χ1) is 19.8. The molecule has 6 fully saturated rings. The van der Waals surface area contributed by atoms with Gasteiger partial charge in [0.1, 0.15) is 6.17 Å². The summed E-state index contributed by atoms with van der Waals surface area (Å²) in [5.41, 5.74) is 0.148. The van der Waals surface area contributed by atoms with Crippen molar-refractivity contribution < 1.29 is 13.9 Å². The SMILES string of the molecule is C=CC(=O)N1CCN(C2NC(OC[C@H]3CCCN3C)NC3C[C@]4(CCC32)CN(C)C2CCC(F)CC24)C[C@H]1CC#N. The summed E-state index contributed by atoms with van der Waals surface area (Å²) in [4.78, 5) is 21.8. The van der Waals surface area contributed by atoms with Gasteiger partial charge in [-0.1, -0.05) is 6.58 Å². The number of amides is 1. The molecule has 6 rings (SSSR count). The molecule has 1 amide bonds. The van der Waals surface area contributed by atoms with Crippen LogP contribution in [0.1, 0.15) is 57.8 Å². The Kier molecular flexibility index (Phi) is 8.75. The van der Waals surface area contributed by atoms with Gasteiger partial charge in [-0.3, -0.25) is 20.3 Å². The van der Waals surface area contributed by atoms with E-state index >= 15 is 0 Å². The van der Waals surface area contributed by atoms with Crippen molar-refractivity contribution in [1.82, 2.24) is 30.2 Å². The number of carbonyl (C=O) groups is 1. The molecule has 2 aliphatic carbocycles. The fourth-order valence-corrected chi connectivity index (χ4v) is 9.62. The lowest BCUT2D eigenvalue weighted by atomic mass is 9.59. The van der Waals surface area contributed by atoms with Crippen LogP contribution in [0.15, 0.2) is 12.7 Å². The minimum atomic E-state index is -0.669. The van der Waals surface area contributed by atoms with Crippen molar-refractivity contribution in [2.24, 2.45) is 17.3 Å². The number of piperazine rings is 1. The highest BCUT2D eigenvalue weighted by atomic mass is 19.1. The van der Waals surface area contributed by atoms with Gasteiger partial charge in [0.15, 0.2) is 6.35 Å². The zero-order valence-corrected chi connectivity index (χ0v) is 25.0. The van der Waals surface area contributed by atoms with Crippen LogP contribution in [-0.2, 0) is 9.53 Å². The van der Waals surface area contributed by atoms with Crippen LogP contribution in [0.4, 0.5) is 4.39 Å². The first kappa shape index (κ1) is 29.5. The molecule has 0 aromatic heterocycles. The van der Waals surface area contributed by atoms with Gasteiger partial charge in [0.25, 0.3) is 0 Å². The molecule has 0 aromatic rings. The number of likely N-dealkylation sites (tertiary alicyclic amines) is 2. The fourth-order valence-electron chi connectivity index (χ4n) is 9.62. The monoisotopic (exact) mass is 571 g/mol. The zero-order chi connectivity index (χ0) is 28.7. The van der Waals surface area contributed by atoms with E-state index in [2.05, 4.69) is 52.1 Å². The average Bonchev–Trinajstić information content (AvgIpc) is 3.50. The summed E-state index contributed by atoms with van der Waals surface area (Å²) < 4.78 is 21.3. The van der Waals surface area contributed by atoms with Crippen molar-refractivity contribution in [1.29, 1.82) is 5.26 Å². The molecule has 6 aliphatic rings. The molecule has 41 heavy (non-hydrogen) atoms. The predicted octanol–water partition coefficient (Wildman–Crippen LogP) is 2.12. The largest absolute Gasteiger partial charge is 0.348 e. The van der Waals surface area contributed by atoms with Crippen molar-refractivity contribution in [2.45, 2.75) is 101 Å². The molecule has 4 saturated heterocycles. The maximum absolute atomic E-state index is 14.7. The number of hydrogen-bond acceptors (Lipinski definition) is 8. The predicted molar refractivity (Wildman–Crippen MR) is 155 cm³/mol. The number of fused-ring (bicyclic) bond motifs is 3. The Labute approximate surface area is 245 Å². The molecule has 4 heterocycles. The quantitative estimate of drug-likeness (QED) is 0.469. The van der Waals surface area contributed by atoms with Gasteiger partial charge in [-0.15, -0.1) is 0 Å². The Bertz CT molecular complexity index is 1010. The molecule has 0 radical (unpaired) electrons. The lowest BCUT2D eigenvalue weighted by Crippen LogP contribution is -2.72. The standard InChI is InChI=1S/C31H50FN7O2/c1-4-28(40)39-15-14-38(18-22(39)10-12-33)29-24-9-11-31(20-37(3)27-8-7-21(32)16-25(27)31)17-26(24)34-30(35-29)41-19-23-6-5-13-36(23)2/h4,21-27,29-30,34-35H,1,5-11,13-20H2,2-3H3/t21?,22-,23-,24?,25?,26?,27?,29?,30?,31-/m1/s1. The molecular formula is C31H50FN7O2. The minimum absolute atomic E-state index is 0.0962. The van der Waals surface area contributed by atoms with Gasteiger partial charge in [0.2, 0.25) is 5.91 Å². The van der Waals surface area contributed by atoms with E-state index in [0.717, 1.165) is 51.7 Å². The van der Waals surface area contributed by atoms with Gasteiger partial charge in [0, 0.05) is 50.2 Å². The molecule has 4 aliphatic heterocycles. The summed E-state index contributed by atoms with van der Waals surface area (Å²) in [5, 5.41) is 17.3. The van der Waals surface area contributed by atoms with Gasteiger partial charge in [-0.05, 0) is 89.4 Å². The van der Waals surface area contributed by atoms with Gasteiger partial charge < -0.3 is 19.4 Å². The number of hydrogen-bond donors (Lipinski definition) is 2. The first-order valence-electron chi connectivity index (χ1n) is 16.0. The molecular weight excluding hydrogens is 521 g/mol. The van der Waals surface area contributed by atoms with Crippen LogP contribution in [0.5, 0.6) is 0 Å². The van der Waals surface area contributed by atoms with Crippen LogP contribution >= 0.6 is 0 Å². The van der Waals surface area contributed by atoms with Crippen LogP contribution in [0, 0.1) is 28.6 Å². The maximum Gasteiger partial charge on any atom is 0.246 e. The van der Waals surface area contributed by atoms with Crippen molar-refractivity contribution in [3.63, 3.8) is 0 Å². The van der Waals surface area contributed by atoms with Crippen molar-refractivity contribution in [3.8, 4) is 6.07 Å². The number of ether oxygens (including phenoxy) is 1. The Morgan fingerprint density at radius 3 is 2.76 bits per heavy atom. The Morgan fingerprint density at radius 2 is 2.00 bits per heavy atom. The second-order valence-corrected chi connectivity index (χ2v) is 13.9. The number of nitrogens with zero attached hydrogens (tertiary/aromatic N) is 5. The van der Waals surface area contributed by atoms with E-state index in [0.29, 0.717) is 62.9 Å². The third-order valence-corrected chi connectivity index (χ3v) is 11.7. The highest BCUT2D eigenvalue weighted by Crippen LogP contribution is 2.56. The molecule has 7 unspecified atom stereocenters. The summed E-state index contributed by atoms with van der Waals surface area (Å²) in [5.74, 6) is 0.710. The van der Waals surface area contributed by atoms with E-state index in [1.807, 2.05) is 4.90 Å². The molecule has 10 atom stereocenters. The molecule has 9 nitrogen and oxygen atoms in total. The second-order valence-electron chi connectivity index (χ2n) is 13.9. The molecule has 228 valence electrons. The van der Waals surface area contributed by atoms with Crippen LogP contribution in [-0.4, -0.2) is 122 Å². The smallest absolute Gasteiger partial charge is 0.246 e. The van der Waals surface area contributed by atoms with Crippen molar-refractivity contribution in [2.75, 3.05) is 53.4 Å². The number of carbonyl (C=O) groups excluding carboxylic acids is 1. The summed E-state index contributed by atoms with van der Waals surface area (Å²) in [6.07, 6.45) is 8.86. The molecule has 0 aromatic carbocycles. The summed E-state index contributed by atoms with van der Waals surface area (Å²) in [7, 11) is 4.43. The molecule has 10 heteroatoms. The van der Waals surface area contributed by atoms with E-state index in [1.54, 1.807) is 0 Å². The van der Waals surface area contributed by atoms with E-state index in [4.69, 9.17) is 4.74 Å². The highest BCUT2D eigenvalue weighted by molar-refractivity contribution is 5.87. The number of alkyl halides is 1. The second kappa shape index (κ2) is 12.2. The van der Waals surface area contributed by atoms with Gasteiger partial charge >= 0.3 is 0 Å². The topological polar surface area (TPSA) is 87.1 Å². The number of halogens is 1. The summed E-state index contributed by atoms with van der Waals surface area (Å²) in [6.45, 7) is 8.55. The van der Waals surface area contributed by atoms with E-state index in [1.165, 1.54) is 12.5 Å². The molecule has 2 N–H and O–H groups in total. The van der Waals surface area contributed by atoms with Crippen LogP contribution in [0.25, 0.3) is 0 Å². The first-order valence-corrected chi connectivity index (χ1v) is 16.0. The summed E-state index contributed by atoms with van der Waals surface area (Å²) in [6, 6.07) is 3.37. The van der Waals surface area contributed by atoms with E-state index < -0.39 is 6.17 Å². The van der Waals surface area contributed by atoms with Crippen molar-refractivity contribution >= 4 is 5.91 Å². The van der Waals surface area contributed by atoms with E-state index in [-0.39, 0.29) is 35.9 Å². The Hall–Kier alpha value is -1.61. The Morgan fingerprint density at radius 1 is 1.15 bits per heavy atom.